The third-order valence-corrected chi connectivity index (χ3v) is 4.36. The van der Waals surface area contributed by atoms with E-state index in [0.29, 0.717) is 0 Å². The van der Waals surface area contributed by atoms with Crippen molar-refractivity contribution in [3.05, 3.63) is 70.8 Å². The first kappa shape index (κ1) is 11.5. The monoisotopic (exact) mass is 297 g/mol. The topological polar surface area (TPSA) is 23.8 Å². The lowest BCUT2D eigenvalue weighted by atomic mass is 9.89. The van der Waals surface area contributed by atoms with Gasteiger partial charge >= 0.3 is 0 Å². The summed E-state index contributed by atoms with van der Waals surface area (Å²) in [5, 5.41) is 9.53. The first-order valence-electron chi connectivity index (χ1n) is 6.01. The van der Waals surface area contributed by atoms with Crippen LogP contribution in [0.5, 0.6) is 0 Å². The summed E-state index contributed by atoms with van der Waals surface area (Å²) in [5.41, 5.74) is 4.78. The summed E-state index contributed by atoms with van der Waals surface area (Å²) in [7, 11) is 0. The van der Waals surface area contributed by atoms with Crippen LogP contribution in [0.2, 0.25) is 0 Å². The van der Waals surface area contributed by atoms with Crippen molar-refractivity contribution < 1.29 is 0 Å². The molecule has 0 amide bonds. The van der Waals surface area contributed by atoms with Gasteiger partial charge < -0.3 is 0 Å². The zero-order valence-corrected chi connectivity index (χ0v) is 11.4. The van der Waals surface area contributed by atoms with Crippen molar-refractivity contribution in [1.82, 2.24) is 0 Å². The quantitative estimate of drug-likeness (QED) is 0.664. The molecule has 2 heteroatoms. The summed E-state index contributed by atoms with van der Waals surface area (Å²) in [6.07, 6.45) is 0.936. The number of hydrogen-bond acceptors (Lipinski definition) is 1. The maximum absolute atomic E-state index is 9.53. The Balaban J connectivity index is 2.27. The van der Waals surface area contributed by atoms with E-state index >= 15 is 0 Å². The second-order valence-electron chi connectivity index (χ2n) is 4.56. The standard InChI is InChI=1S/C16H12BrN/c17-16-9-11-5-1-2-6-12(11)15(10-18)13-7-3-4-8-14(13)16/h1-8,15-16H,9H2/t15-,16+/m1/s1. The van der Waals surface area contributed by atoms with Gasteiger partial charge in [0.1, 0.15) is 0 Å². The molecule has 0 bridgehead atoms. The molecule has 0 saturated carbocycles. The van der Waals surface area contributed by atoms with Crippen LogP contribution in [0.1, 0.15) is 33.0 Å². The number of halogens is 1. The minimum Gasteiger partial charge on any atom is -0.197 e. The fourth-order valence-electron chi connectivity index (χ4n) is 2.67. The van der Waals surface area contributed by atoms with Gasteiger partial charge in [0.25, 0.3) is 0 Å². The molecule has 1 aliphatic carbocycles. The molecule has 2 aromatic rings. The smallest absolute Gasteiger partial charge is 0.0968 e. The van der Waals surface area contributed by atoms with Crippen LogP contribution in [0, 0.1) is 11.3 Å². The van der Waals surface area contributed by atoms with E-state index in [9.17, 15) is 5.26 Å². The van der Waals surface area contributed by atoms with Crippen molar-refractivity contribution in [2.45, 2.75) is 17.2 Å². The van der Waals surface area contributed by atoms with Crippen LogP contribution in [-0.2, 0) is 6.42 Å². The highest BCUT2D eigenvalue weighted by Crippen LogP contribution is 2.40. The number of nitriles is 1. The lowest BCUT2D eigenvalue weighted by molar-refractivity contribution is 0.954. The van der Waals surface area contributed by atoms with Crippen molar-refractivity contribution in [2.24, 2.45) is 0 Å². The molecule has 2 atom stereocenters. The average molecular weight is 298 g/mol. The molecule has 0 radical (unpaired) electrons. The maximum atomic E-state index is 9.53. The van der Waals surface area contributed by atoms with E-state index < -0.39 is 0 Å². The van der Waals surface area contributed by atoms with Gasteiger partial charge in [0.05, 0.1) is 12.0 Å². The first-order valence-corrected chi connectivity index (χ1v) is 6.93. The molecule has 1 nitrogen and oxygen atoms in total. The van der Waals surface area contributed by atoms with Gasteiger partial charge in [0, 0.05) is 4.83 Å². The Morgan fingerprint density at radius 3 is 2.28 bits per heavy atom. The van der Waals surface area contributed by atoms with Gasteiger partial charge in [-0.15, -0.1) is 0 Å². The van der Waals surface area contributed by atoms with E-state index in [4.69, 9.17) is 0 Å². The molecular weight excluding hydrogens is 286 g/mol. The van der Waals surface area contributed by atoms with Crippen LogP contribution in [0.15, 0.2) is 48.5 Å². The Labute approximate surface area is 115 Å². The number of benzene rings is 2. The van der Waals surface area contributed by atoms with Crippen LogP contribution >= 0.6 is 15.9 Å². The average Bonchev–Trinajstić information content (AvgIpc) is 2.53. The predicted octanol–water partition coefficient (Wildman–Crippen LogP) is 4.33. The second-order valence-corrected chi connectivity index (χ2v) is 5.67. The molecule has 0 aliphatic heterocycles. The van der Waals surface area contributed by atoms with Gasteiger partial charge in [-0.3, -0.25) is 0 Å². The van der Waals surface area contributed by atoms with E-state index in [-0.39, 0.29) is 10.7 Å². The van der Waals surface area contributed by atoms with E-state index in [2.05, 4.69) is 46.3 Å². The molecule has 0 spiro atoms. The third-order valence-electron chi connectivity index (χ3n) is 3.54. The Morgan fingerprint density at radius 2 is 1.56 bits per heavy atom. The summed E-state index contributed by atoms with van der Waals surface area (Å²) in [4.78, 5) is 0.285. The molecule has 0 unspecified atom stereocenters. The molecule has 0 aromatic heterocycles. The van der Waals surface area contributed by atoms with Crippen molar-refractivity contribution in [1.29, 1.82) is 5.26 Å². The van der Waals surface area contributed by atoms with E-state index in [1.165, 1.54) is 11.1 Å². The lowest BCUT2D eigenvalue weighted by Gasteiger charge is -2.13. The van der Waals surface area contributed by atoms with Gasteiger partial charge in [0.15, 0.2) is 0 Å². The van der Waals surface area contributed by atoms with Crippen molar-refractivity contribution in [3.63, 3.8) is 0 Å². The van der Waals surface area contributed by atoms with Crippen molar-refractivity contribution >= 4 is 15.9 Å². The summed E-state index contributed by atoms with van der Waals surface area (Å²) in [6, 6.07) is 18.9. The van der Waals surface area contributed by atoms with Crippen LogP contribution in [-0.4, -0.2) is 0 Å². The predicted molar refractivity (Wildman–Crippen MR) is 75.7 cm³/mol. The molecule has 18 heavy (non-hydrogen) atoms. The van der Waals surface area contributed by atoms with Gasteiger partial charge in [-0.1, -0.05) is 64.5 Å². The number of nitrogens with zero attached hydrogens (tertiary/aromatic N) is 1. The van der Waals surface area contributed by atoms with Crippen LogP contribution in [0.3, 0.4) is 0 Å². The van der Waals surface area contributed by atoms with E-state index in [1.807, 2.05) is 24.3 Å². The van der Waals surface area contributed by atoms with Crippen molar-refractivity contribution in [3.8, 4) is 6.07 Å². The summed E-state index contributed by atoms with van der Waals surface area (Å²) >= 11 is 3.75. The molecule has 0 heterocycles. The molecule has 0 fully saturated rings. The fraction of sp³-hybridized carbons (Fsp3) is 0.188. The van der Waals surface area contributed by atoms with Gasteiger partial charge in [0.2, 0.25) is 0 Å². The summed E-state index contributed by atoms with van der Waals surface area (Å²) in [5.74, 6) is -0.153. The maximum Gasteiger partial charge on any atom is 0.0968 e. The number of hydrogen-bond donors (Lipinski definition) is 0. The van der Waals surface area contributed by atoms with Crippen LogP contribution in [0.25, 0.3) is 0 Å². The number of alkyl halides is 1. The summed E-state index contributed by atoms with van der Waals surface area (Å²) < 4.78 is 0. The van der Waals surface area contributed by atoms with Gasteiger partial charge in [-0.05, 0) is 28.7 Å². The highest BCUT2D eigenvalue weighted by Gasteiger charge is 2.26. The molecule has 0 N–H and O–H groups in total. The van der Waals surface area contributed by atoms with E-state index in [1.54, 1.807) is 0 Å². The Morgan fingerprint density at radius 1 is 0.944 bits per heavy atom. The zero-order chi connectivity index (χ0) is 12.5. The second kappa shape index (κ2) is 4.59. The molecule has 3 rings (SSSR count). The largest absolute Gasteiger partial charge is 0.197 e. The Hall–Kier alpha value is -1.59. The molecule has 88 valence electrons. The third kappa shape index (κ3) is 1.76. The first-order chi connectivity index (χ1) is 8.81. The van der Waals surface area contributed by atoms with Crippen LogP contribution < -0.4 is 0 Å². The minimum absolute atomic E-state index is 0.153. The molecule has 2 aromatic carbocycles. The van der Waals surface area contributed by atoms with E-state index in [0.717, 1.165) is 17.5 Å². The van der Waals surface area contributed by atoms with Crippen LogP contribution in [0.4, 0.5) is 0 Å². The SMILES string of the molecule is N#C[C@@H]1c2ccccc2C[C@H](Br)c2ccccc21. The fourth-order valence-corrected chi connectivity index (χ4v) is 3.44. The molecule has 0 saturated heterocycles. The van der Waals surface area contributed by atoms with Gasteiger partial charge in [-0.2, -0.15) is 5.26 Å². The Kier molecular flexibility index (Phi) is 2.93. The van der Waals surface area contributed by atoms with Crippen molar-refractivity contribution in [2.75, 3.05) is 0 Å². The molecule has 1 aliphatic rings. The Bertz CT molecular complexity index is 627. The minimum atomic E-state index is -0.153. The highest BCUT2D eigenvalue weighted by atomic mass is 79.9. The van der Waals surface area contributed by atoms with Gasteiger partial charge in [-0.25, -0.2) is 0 Å². The molecular formula is C16H12BrN. The number of fused-ring (bicyclic) bond motifs is 2. The number of rotatable bonds is 0. The lowest BCUT2D eigenvalue weighted by Crippen LogP contribution is -2.00. The summed E-state index contributed by atoms with van der Waals surface area (Å²) in [6.45, 7) is 0. The highest BCUT2D eigenvalue weighted by molar-refractivity contribution is 9.09. The zero-order valence-electron chi connectivity index (χ0n) is 9.81. The normalized spacial score (nSPS) is 21.3.